The number of benzene rings is 3. The van der Waals surface area contributed by atoms with Crippen molar-refractivity contribution in [2.45, 2.75) is 73.1 Å². The van der Waals surface area contributed by atoms with Gasteiger partial charge in [0.1, 0.15) is 5.75 Å². The fourth-order valence-corrected chi connectivity index (χ4v) is 5.06. The summed E-state index contributed by atoms with van der Waals surface area (Å²) < 4.78 is 8.03. The van der Waals surface area contributed by atoms with E-state index in [4.69, 9.17) is 4.74 Å². The number of fused-ring (bicyclic) bond motifs is 1. The second-order valence-corrected chi connectivity index (χ2v) is 11.3. The van der Waals surface area contributed by atoms with Gasteiger partial charge in [-0.3, -0.25) is 4.79 Å². The number of amides is 1. The molecule has 4 rings (SSSR count). The highest BCUT2D eigenvalue weighted by atomic mass is 16.5. The van der Waals surface area contributed by atoms with Gasteiger partial charge in [0.15, 0.2) is 6.10 Å². The second kappa shape index (κ2) is 12.0. The Morgan fingerprint density at radius 1 is 0.900 bits per heavy atom. The molecule has 4 aromatic rings. The molecule has 0 saturated heterocycles. The molecule has 0 aliphatic rings. The van der Waals surface area contributed by atoms with Crippen LogP contribution < -0.4 is 10.1 Å². The highest BCUT2D eigenvalue weighted by molar-refractivity contribution is 5.99. The molecule has 3 aromatic carbocycles. The molecule has 40 heavy (non-hydrogen) atoms. The van der Waals surface area contributed by atoms with Gasteiger partial charge in [-0.15, -0.1) is 0 Å². The molecule has 1 unspecified atom stereocenters. The zero-order valence-electron chi connectivity index (χ0n) is 24.5. The molecule has 0 spiro atoms. The summed E-state index contributed by atoms with van der Waals surface area (Å²) in [5.74, 6) is -0.258. The van der Waals surface area contributed by atoms with Gasteiger partial charge in [0, 0.05) is 34.6 Å². The summed E-state index contributed by atoms with van der Waals surface area (Å²) in [6.45, 7) is 14.8. The highest BCUT2D eigenvalue weighted by Crippen LogP contribution is 2.29. The first kappa shape index (κ1) is 28.9. The van der Waals surface area contributed by atoms with Crippen LogP contribution in [0.25, 0.3) is 10.9 Å². The van der Waals surface area contributed by atoms with Crippen molar-refractivity contribution in [3.63, 3.8) is 0 Å². The summed E-state index contributed by atoms with van der Waals surface area (Å²) in [4.78, 5) is 24.8. The van der Waals surface area contributed by atoms with E-state index in [2.05, 4.69) is 55.8 Å². The molecule has 0 bridgehead atoms. The Morgan fingerprint density at radius 3 is 2.27 bits per heavy atom. The Bertz CT molecular complexity index is 1530. The standard InChI is InChI=1S/C34H40N2O4/c1-20(2)26-11-9-12-27(17-26)23(6)35-33(37)28-14-15-31-30(18-28)22(5)24(7)36(31)19-25-10-8-13-29(16-25)40-32(21(3)4)34(38)39/h8-18,20-21,23,32H,19H2,1-7H3,(H,35,37)(H,38,39)/t23-,32?/m0/s1. The number of nitrogens with zero attached hydrogens (tertiary/aromatic N) is 1. The molecule has 0 aliphatic carbocycles. The van der Waals surface area contributed by atoms with Gasteiger partial charge in [-0.25, -0.2) is 4.79 Å². The monoisotopic (exact) mass is 540 g/mol. The number of carbonyl (C=O) groups is 2. The molecule has 2 N–H and O–H groups in total. The predicted molar refractivity (Wildman–Crippen MR) is 160 cm³/mol. The molecule has 6 nitrogen and oxygen atoms in total. The quantitative estimate of drug-likeness (QED) is 0.219. The van der Waals surface area contributed by atoms with E-state index in [1.165, 1.54) is 5.56 Å². The van der Waals surface area contributed by atoms with Gasteiger partial charge in [0.2, 0.25) is 0 Å². The van der Waals surface area contributed by atoms with Crippen molar-refractivity contribution < 1.29 is 19.4 Å². The van der Waals surface area contributed by atoms with Crippen LogP contribution in [0.1, 0.15) is 84.9 Å². The highest BCUT2D eigenvalue weighted by Gasteiger charge is 2.23. The van der Waals surface area contributed by atoms with Crippen LogP contribution in [0.15, 0.2) is 66.7 Å². The third kappa shape index (κ3) is 6.22. The van der Waals surface area contributed by atoms with Crippen LogP contribution in [0.2, 0.25) is 0 Å². The van der Waals surface area contributed by atoms with E-state index < -0.39 is 12.1 Å². The van der Waals surface area contributed by atoms with Crippen LogP contribution in [-0.2, 0) is 11.3 Å². The van der Waals surface area contributed by atoms with Gasteiger partial charge < -0.3 is 19.7 Å². The lowest BCUT2D eigenvalue weighted by molar-refractivity contribution is -0.147. The number of carboxylic acid groups (broad SMARTS) is 1. The zero-order chi connectivity index (χ0) is 29.1. The molecule has 0 saturated carbocycles. The summed E-state index contributed by atoms with van der Waals surface area (Å²) in [6.07, 6.45) is -0.905. The molecular formula is C34H40N2O4. The Hall–Kier alpha value is -4.06. The summed E-state index contributed by atoms with van der Waals surface area (Å²) in [5.41, 5.74) is 7.26. The lowest BCUT2D eigenvalue weighted by atomic mass is 9.98. The van der Waals surface area contributed by atoms with Crippen molar-refractivity contribution in [2.75, 3.05) is 0 Å². The molecular weight excluding hydrogens is 500 g/mol. The number of carbonyl (C=O) groups excluding carboxylic acids is 1. The van der Waals surface area contributed by atoms with Crippen LogP contribution >= 0.6 is 0 Å². The number of carboxylic acids is 1. The molecule has 0 aliphatic heterocycles. The van der Waals surface area contributed by atoms with Crippen molar-refractivity contribution in [3.05, 3.63) is 100 Å². The van der Waals surface area contributed by atoms with Crippen LogP contribution in [0.3, 0.4) is 0 Å². The summed E-state index contributed by atoms with van der Waals surface area (Å²) >= 11 is 0. The van der Waals surface area contributed by atoms with E-state index in [-0.39, 0.29) is 17.9 Å². The SMILES string of the molecule is Cc1c(C)n(Cc2cccc(OC(C(=O)O)C(C)C)c2)c2ccc(C(=O)N[C@@H](C)c3cccc(C(C)C)c3)cc12. The van der Waals surface area contributed by atoms with Gasteiger partial charge in [-0.1, -0.05) is 64.1 Å². The van der Waals surface area contributed by atoms with Crippen molar-refractivity contribution in [1.82, 2.24) is 9.88 Å². The molecule has 210 valence electrons. The van der Waals surface area contributed by atoms with E-state index >= 15 is 0 Å². The number of nitrogens with one attached hydrogen (secondary N) is 1. The molecule has 0 fully saturated rings. The average molecular weight is 541 g/mol. The van der Waals surface area contributed by atoms with Crippen molar-refractivity contribution in [3.8, 4) is 5.75 Å². The maximum Gasteiger partial charge on any atom is 0.345 e. The number of aromatic nitrogens is 1. The smallest absolute Gasteiger partial charge is 0.345 e. The van der Waals surface area contributed by atoms with Crippen LogP contribution in [0.5, 0.6) is 5.75 Å². The van der Waals surface area contributed by atoms with Gasteiger partial charge in [0.05, 0.1) is 6.04 Å². The minimum absolute atomic E-state index is 0.0999. The van der Waals surface area contributed by atoms with E-state index in [9.17, 15) is 14.7 Å². The molecule has 0 radical (unpaired) electrons. The van der Waals surface area contributed by atoms with Crippen molar-refractivity contribution >= 4 is 22.8 Å². The minimum atomic E-state index is -0.971. The van der Waals surface area contributed by atoms with E-state index in [1.807, 2.05) is 63.2 Å². The van der Waals surface area contributed by atoms with Crippen molar-refractivity contribution in [1.29, 1.82) is 0 Å². The van der Waals surface area contributed by atoms with E-state index in [0.717, 1.165) is 33.3 Å². The Kier molecular flexibility index (Phi) is 8.67. The first-order chi connectivity index (χ1) is 19.0. The lowest BCUT2D eigenvalue weighted by Crippen LogP contribution is -2.32. The van der Waals surface area contributed by atoms with E-state index in [0.29, 0.717) is 23.8 Å². The fourth-order valence-electron chi connectivity index (χ4n) is 5.06. The Balaban J connectivity index is 1.56. The summed E-state index contributed by atoms with van der Waals surface area (Å²) in [5, 5.41) is 13.7. The molecule has 2 atom stereocenters. The van der Waals surface area contributed by atoms with Gasteiger partial charge in [-0.2, -0.15) is 0 Å². The van der Waals surface area contributed by atoms with Gasteiger partial charge >= 0.3 is 5.97 Å². The number of rotatable bonds is 10. The maximum absolute atomic E-state index is 13.2. The average Bonchev–Trinajstić information content (AvgIpc) is 3.15. The minimum Gasteiger partial charge on any atom is -0.478 e. The summed E-state index contributed by atoms with van der Waals surface area (Å²) in [7, 11) is 0. The zero-order valence-corrected chi connectivity index (χ0v) is 24.5. The molecule has 1 amide bonds. The molecule has 1 heterocycles. The van der Waals surface area contributed by atoms with E-state index in [1.54, 1.807) is 6.07 Å². The second-order valence-electron chi connectivity index (χ2n) is 11.3. The van der Waals surface area contributed by atoms with Crippen LogP contribution in [0.4, 0.5) is 0 Å². The third-order valence-electron chi connectivity index (χ3n) is 7.68. The maximum atomic E-state index is 13.2. The number of hydrogen-bond acceptors (Lipinski definition) is 3. The first-order valence-electron chi connectivity index (χ1n) is 13.9. The number of hydrogen-bond donors (Lipinski definition) is 2. The molecule has 1 aromatic heterocycles. The number of aliphatic carboxylic acids is 1. The normalized spacial score (nSPS) is 13.0. The molecule has 6 heteroatoms. The third-order valence-corrected chi connectivity index (χ3v) is 7.68. The van der Waals surface area contributed by atoms with Gasteiger partial charge in [0.25, 0.3) is 5.91 Å². The van der Waals surface area contributed by atoms with Gasteiger partial charge in [-0.05, 0) is 79.3 Å². The van der Waals surface area contributed by atoms with Crippen LogP contribution in [0, 0.1) is 19.8 Å². The number of ether oxygens (including phenoxy) is 1. The Morgan fingerprint density at radius 2 is 1.60 bits per heavy atom. The lowest BCUT2D eigenvalue weighted by Gasteiger charge is -2.19. The van der Waals surface area contributed by atoms with Crippen molar-refractivity contribution in [2.24, 2.45) is 5.92 Å². The predicted octanol–water partition coefficient (Wildman–Crippen LogP) is 7.41. The first-order valence-corrected chi connectivity index (χ1v) is 13.9. The van der Waals surface area contributed by atoms with Crippen LogP contribution in [-0.4, -0.2) is 27.7 Å². The summed E-state index contributed by atoms with van der Waals surface area (Å²) in [6, 6.07) is 21.7. The fraction of sp³-hybridized carbons (Fsp3) is 0.353. The Labute approximate surface area is 237 Å². The number of aryl methyl sites for hydroxylation is 1. The largest absolute Gasteiger partial charge is 0.478 e. The topological polar surface area (TPSA) is 80.6 Å².